The van der Waals surface area contributed by atoms with Crippen LogP contribution < -0.4 is 5.32 Å². The van der Waals surface area contributed by atoms with Crippen molar-refractivity contribution in [2.24, 2.45) is 0 Å². The van der Waals surface area contributed by atoms with E-state index in [1.807, 2.05) is 79.7 Å². The van der Waals surface area contributed by atoms with Crippen LogP contribution in [0.5, 0.6) is 0 Å². The highest BCUT2D eigenvalue weighted by atomic mass is 32.2. The van der Waals surface area contributed by atoms with Gasteiger partial charge in [0.1, 0.15) is 12.1 Å². The number of unbranched alkanes of at least 4 members (excludes halogenated alkanes) is 4. The third kappa shape index (κ3) is 22.8. The Balaban J connectivity index is 0.000000403. The standard InChI is InChI=1S/C39H48N4O6S.C36H48N4O3S.2CH4/c1-40(2)26-27-41(3)38(48)33(29-37(47)49-43-35(45)24-25-36(43)46)42(4)34(44)23-15-8-16-28-50-39(30-17-9-5-10-18-30,31-19-11-6-12-20-31)32-21-13-7-14-22-32;1-37-33(41)28-32(35(43)39(4)26-25-38(2)3)40(5)34(42)24-16-9-17-27-44-36(29-18-10-6-11-19-29,30-20-12-7-13-21-30)31-22-14-8-15-23-31;;/h5-7,9-14,17-22,33H,8,15-16,23-29H2,1-4H3;6-8,10-15,18-23,32H,9,16-17,24-28H2,1-5H3,(H,37,41);2*1H4/t33-;32-;;/m00../s1. The van der Waals surface area contributed by atoms with Crippen LogP contribution in [0.2, 0.25) is 0 Å². The maximum Gasteiger partial charge on any atom is 0.335 e. The molecule has 518 valence electrons. The minimum atomic E-state index is -1.14. The van der Waals surface area contributed by atoms with Crippen LogP contribution in [0.1, 0.15) is 125 Å². The summed E-state index contributed by atoms with van der Waals surface area (Å²) in [5, 5.41) is 3.05. The topological polar surface area (TPSA) is 181 Å². The monoisotopic (exact) mass is 1350 g/mol. The van der Waals surface area contributed by atoms with Gasteiger partial charge in [-0.3, -0.25) is 33.6 Å². The van der Waals surface area contributed by atoms with Crippen LogP contribution in [0, 0.1) is 0 Å². The Morgan fingerprint density at radius 1 is 0.438 bits per heavy atom. The smallest absolute Gasteiger partial charge is 0.335 e. The number of hydroxylamine groups is 2. The van der Waals surface area contributed by atoms with Gasteiger partial charge in [0.05, 0.1) is 22.3 Å². The summed E-state index contributed by atoms with van der Waals surface area (Å²) in [5.41, 5.74) is 7.30. The largest absolute Gasteiger partial charge is 0.359 e. The summed E-state index contributed by atoms with van der Waals surface area (Å²) < 4.78 is -0.767. The van der Waals surface area contributed by atoms with Crippen molar-refractivity contribution in [3.05, 3.63) is 215 Å². The Bertz CT molecular complexity index is 3130. The molecule has 1 aliphatic heterocycles. The zero-order valence-corrected chi connectivity index (χ0v) is 58.0. The number of imide groups is 1. The third-order valence-corrected chi connectivity index (χ3v) is 20.1. The molecule has 6 aromatic rings. The predicted octanol–water partition coefficient (Wildman–Crippen LogP) is 11.6. The molecule has 1 heterocycles. The third-order valence-electron chi connectivity index (χ3n) is 16.8. The summed E-state index contributed by atoms with van der Waals surface area (Å²) >= 11 is 3.81. The first-order valence-corrected chi connectivity index (χ1v) is 34.4. The molecule has 6 aromatic carbocycles. The van der Waals surface area contributed by atoms with Crippen LogP contribution in [-0.2, 0) is 52.7 Å². The maximum absolute atomic E-state index is 13.5. The van der Waals surface area contributed by atoms with Crippen molar-refractivity contribution in [1.29, 1.82) is 0 Å². The minimum absolute atomic E-state index is 0. The molecular formula is C77H104N8O9S2. The molecule has 1 saturated heterocycles. The molecule has 0 saturated carbocycles. The van der Waals surface area contributed by atoms with Crippen LogP contribution in [-0.4, -0.2) is 195 Å². The molecule has 1 N–H and O–H groups in total. The van der Waals surface area contributed by atoms with Gasteiger partial charge in [-0.2, -0.15) is 0 Å². The number of carbonyl (C=O) groups is 8. The Labute approximate surface area is 580 Å². The molecule has 0 bridgehead atoms. The van der Waals surface area contributed by atoms with Crippen molar-refractivity contribution >= 4 is 70.8 Å². The van der Waals surface area contributed by atoms with Gasteiger partial charge in [-0.05, 0) is 98.8 Å². The number of benzene rings is 6. The molecule has 0 unspecified atom stereocenters. The molecule has 1 aliphatic rings. The van der Waals surface area contributed by atoms with Gasteiger partial charge in [0.15, 0.2) is 0 Å². The van der Waals surface area contributed by atoms with Crippen LogP contribution >= 0.6 is 23.5 Å². The van der Waals surface area contributed by atoms with E-state index in [9.17, 15) is 38.4 Å². The van der Waals surface area contributed by atoms with Crippen LogP contribution in [0.4, 0.5) is 0 Å². The van der Waals surface area contributed by atoms with Gasteiger partial charge in [-0.25, -0.2) is 4.79 Å². The van der Waals surface area contributed by atoms with Crippen molar-refractivity contribution in [2.45, 2.75) is 113 Å². The fraction of sp³-hybridized carbons (Fsp3) is 0.429. The van der Waals surface area contributed by atoms with E-state index < -0.39 is 46.9 Å². The van der Waals surface area contributed by atoms with E-state index in [1.54, 1.807) is 33.1 Å². The van der Waals surface area contributed by atoms with Gasteiger partial charge >= 0.3 is 5.97 Å². The van der Waals surface area contributed by atoms with E-state index in [2.05, 4.69) is 169 Å². The summed E-state index contributed by atoms with van der Waals surface area (Å²) in [6.07, 6.45) is 4.75. The fourth-order valence-electron chi connectivity index (χ4n) is 11.2. The lowest BCUT2D eigenvalue weighted by Gasteiger charge is -2.35. The molecule has 1 fully saturated rings. The Hall–Kier alpha value is -8.10. The molecular weight excluding hydrogens is 1250 g/mol. The zero-order chi connectivity index (χ0) is 68.0. The van der Waals surface area contributed by atoms with Gasteiger partial charge in [0.25, 0.3) is 11.8 Å². The fourth-order valence-corrected chi connectivity index (χ4v) is 14.4. The van der Waals surface area contributed by atoms with E-state index in [1.165, 1.54) is 55.1 Å². The van der Waals surface area contributed by atoms with E-state index in [4.69, 9.17) is 4.84 Å². The highest BCUT2D eigenvalue weighted by Crippen LogP contribution is 2.50. The number of thioether (sulfide) groups is 2. The lowest BCUT2D eigenvalue weighted by Crippen LogP contribution is -2.51. The minimum Gasteiger partial charge on any atom is -0.359 e. The first-order chi connectivity index (χ1) is 45.2. The first kappa shape index (κ1) is 80.3. The van der Waals surface area contributed by atoms with Gasteiger partial charge < -0.3 is 39.6 Å². The van der Waals surface area contributed by atoms with Gasteiger partial charge in [0, 0.05) is 87.1 Å². The summed E-state index contributed by atoms with van der Waals surface area (Å²) in [7, 11) is 15.7. The number of rotatable bonds is 35. The van der Waals surface area contributed by atoms with Gasteiger partial charge in [0.2, 0.25) is 29.5 Å². The molecule has 96 heavy (non-hydrogen) atoms. The van der Waals surface area contributed by atoms with E-state index >= 15 is 0 Å². The molecule has 19 heteroatoms. The Morgan fingerprint density at radius 3 is 1.01 bits per heavy atom. The number of hydrogen-bond donors (Lipinski definition) is 1. The summed E-state index contributed by atoms with van der Waals surface area (Å²) in [6.45, 7) is 2.19. The first-order valence-electron chi connectivity index (χ1n) is 32.4. The highest BCUT2D eigenvalue weighted by molar-refractivity contribution is 8.00. The SMILES string of the molecule is C.C.CN(C)CCN(C)C(=O)[C@H](CC(=O)ON1C(=O)CCC1=O)N(C)C(=O)CCCCCSC(c1ccccc1)(c1ccccc1)c1ccccc1.CNC(=O)C[C@@H](C(=O)N(C)CCN(C)C)N(C)C(=O)CCCCCSC(c1ccccc1)(c1ccccc1)c1ccccc1. The lowest BCUT2D eigenvalue weighted by molar-refractivity contribution is -0.198. The van der Waals surface area contributed by atoms with Crippen molar-refractivity contribution in [1.82, 2.24) is 39.8 Å². The van der Waals surface area contributed by atoms with Crippen LogP contribution in [0.15, 0.2) is 182 Å². The predicted molar refractivity (Wildman–Crippen MR) is 390 cm³/mol. The van der Waals surface area contributed by atoms with Crippen molar-refractivity contribution in [3.8, 4) is 0 Å². The second kappa shape index (κ2) is 41.1. The average Bonchev–Trinajstić information content (AvgIpc) is 0.912. The van der Waals surface area contributed by atoms with Crippen LogP contribution in [0.3, 0.4) is 0 Å². The number of likely N-dealkylation sites (N-methyl/N-ethyl adjacent to an activating group) is 6. The number of nitrogens with zero attached hydrogens (tertiary/aromatic N) is 7. The van der Waals surface area contributed by atoms with E-state index in [-0.39, 0.29) is 68.9 Å². The number of hydrogen-bond acceptors (Lipinski definition) is 13. The lowest BCUT2D eigenvalue weighted by atomic mass is 9.84. The highest BCUT2D eigenvalue weighted by Gasteiger charge is 2.40. The maximum atomic E-state index is 13.5. The van der Waals surface area contributed by atoms with Crippen molar-refractivity contribution in [3.63, 3.8) is 0 Å². The normalized spacial score (nSPS) is 12.7. The Morgan fingerprint density at radius 2 is 0.729 bits per heavy atom. The molecule has 0 aromatic heterocycles. The van der Waals surface area contributed by atoms with E-state index in [0.717, 1.165) is 43.6 Å². The number of nitrogens with one attached hydrogen (secondary N) is 1. The summed E-state index contributed by atoms with van der Waals surface area (Å²) in [5.74, 6) is -1.68. The molecule has 7 amide bonds. The number of amides is 7. The summed E-state index contributed by atoms with van der Waals surface area (Å²) in [6, 6.07) is 61.6. The molecule has 0 aliphatic carbocycles. The Kier molecular flexibility index (Phi) is 34.4. The van der Waals surface area contributed by atoms with E-state index in [0.29, 0.717) is 44.1 Å². The van der Waals surface area contributed by atoms with Gasteiger partial charge in [-0.1, -0.05) is 210 Å². The zero-order valence-electron chi connectivity index (χ0n) is 56.3. The second-order valence-corrected chi connectivity index (χ2v) is 26.8. The molecule has 7 rings (SSSR count). The van der Waals surface area contributed by atoms with Crippen molar-refractivity contribution in [2.75, 3.05) is 101 Å². The second-order valence-electron chi connectivity index (χ2n) is 24.2. The quantitative estimate of drug-likeness (QED) is 0.0226. The van der Waals surface area contributed by atoms with Gasteiger partial charge in [-0.15, -0.1) is 28.6 Å². The molecule has 17 nitrogen and oxygen atoms in total. The van der Waals surface area contributed by atoms with Crippen molar-refractivity contribution < 1.29 is 43.2 Å². The molecule has 0 radical (unpaired) electrons. The number of carbonyl (C=O) groups excluding carboxylic acids is 8. The molecule has 2 atom stereocenters. The van der Waals surface area contributed by atoms with Crippen LogP contribution in [0.25, 0.3) is 0 Å². The average molecular weight is 1350 g/mol. The molecule has 0 spiro atoms. The summed E-state index contributed by atoms with van der Waals surface area (Å²) in [4.78, 5) is 117.